The van der Waals surface area contributed by atoms with E-state index in [2.05, 4.69) is 16.9 Å². The zero-order chi connectivity index (χ0) is 17.6. The summed E-state index contributed by atoms with van der Waals surface area (Å²) in [4.78, 5) is 35.2. The van der Waals surface area contributed by atoms with E-state index >= 15 is 0 Å². The van der Waals surface area contributed by atoms with Gasteiger partial charge in [-0.2, -0.15) is 0 Å². The quantitative estimate of drug-likeness (QED) is 0.867. The first-order valence-electron chi connectivity index (χ1n) is 8.51. The second kappa shape index (κ2) is 7.79. The Bertz CT molecular complexity index is 742. The van der Waals surface area contributed by atoms with Crippen LogP contribution in [0.15, 0.2) is 42.9 Å². The van der Waals surface area contributed by atoms with Gasteiger partial charge in [0.15, 0.2) is 0 Å². The fourth-order valence-electron chi connectivity index (χ4n) is 2.82. The lowest BCUT2D eigenvalue weighted by Gasteiger charge is -2.34. The Hall–Kier alpha value is -2.89. The van der Waals surface area contributed by atoms with Gasteiger partial charge in [-0.3, -0.25) is 9.59 Å². The molecule has 25 heavy (non-hydrogen) atoms. The Labute approximate surface area is 147 Å². The van der Waals surface area contributed by atoms with Crippen molar-refractivity contribution >= 4 is 17.9 Å². The summed E-state index contributed by atoms with van der Waals surface area (Å²) in [5.74, 6) is -0.0169. The van der Waals surface area contributed by atoms with Gasteiger partial charge >= 0.3 is 0 Å². The zero-order valence-electron chi connectivity index (χ0n) is 14.3. The van der Waals surface area contributed by atoms with E-state index in [1.165, 1.54) is 11.6 Å². The van der Waals surface area contributed by atoms with Gasteiger partial charge < -0.3 is 14.8 Å². The van der Waals surface area contributed by atoms with Crippen LogP contribution < -0.4 is 0 Å². The Morgan fingerprint density at radius 2 is 1.80 bits per heavy atom. The minimum absolute atomic E-state index is 0.0303. The van der Waals surface area contributed by atoms with Gasteiger partial charge in [-0.05, 0) is 30.2 Å². The SMILES string of the molecule is CCc1ccc(C(=O)N2CCN(C(=O)C=Cc3cnc[nH]3)CC2)cc1. The Morgan fingerprint density at radius 3 is 2.40 bits per heavy atom. The van der Waals surface area contributed by atoms with Crippen LogP contribution in [0, 0.1) is 0 Å². The largest absolute Gasteiger partial charge is 0.345 e. The second-order valence-corrected chi connectivity index (χ2v) is 6.01. The molecule has 2 amide bonds. The third-order valence-electron chi connectivity index (χ3n) is 4.41. The molecular formula is C19H22N4O2. The van der Waals surface area contributed by atoms with E-state index in [9.17, 15) is 9.59 Å². The summed E-state index contributed by atoms with van der Waals surface area (Å²) in [6, 6.07) is 7.75. The molecule has 0 aliphatic carbocycles. The minimum Gasteiger partial charge on any atom is -0.345 e. The molecule has 0 unspecified atom stereocenters. The summed E-state index contributed by atoms with van der Waals surface area (Å²) in [6.07, 6.45) is 7.43. The lowest BCUT2D eigenvalue weighted by molar-refractivity contribution is -0.127. The molecule has 130 valence electrons. The van der Waals surface area contributed by atoms with Crippen molar-refractivity contribution in [2.75, 3.05) is 26.2 Å². The number of hydrogen-bond donors (Lipinski definition) is 1. The molecule has 0 bridgehead atoms. The molecule has 2 heterocycles. The van der Waals surface area contributed by atoms with Crippen LogP contribution in [0.1, 0.15) is 28.5 Å². The first kappa shape index (κ1) is 17.0. The highest BCUT2D eigenvalue weighted by atomic mass is 16.2. The fourth-order valence-corrected chi connectivity index (χ4v) is 2.82. The summed E-state index contributed by atoms with van der Waals surface area (Å²) in [6.45, 7) is 4.29. The molecule has 1 aliphatic rings. The van der Waals surface area contributed by atoms with Crippen LogP contribution >= 0.6 is 0 Å². The van der Waals surface area contributed by atoms with E-state index in [-0.39, 0.29) is 11.8 Å². The number of piperazine rings is 1. The van der Waals surface area contributed by atoms with Crippen LogP contribution in [0.5, 0.6) is 0 Å². The second-order valence-electron chi connectivity index (χ2n) is 6.01. The van der Waals surface area contributed by atoms with Crippen molar-refractivity contribution in [3.8, 4) is 0 Å². The average Bonchev–Trinajstić information content (AvgIpc) is 3.19. The summed E-state index contributed by atoms with van der Waals surface area (Å²) in [5, 5.41) is 0. The Kier molecular flexibility index (Phi) is 5.28. The van der Waals surface area contributed by atoms with Crippen molar-refractivity contribution in [2.45, 2.75) is 13.3 Å². The number of carbonyl (C=O) groups is 2. The van der Waals surface area contributed by atoms with Gasteiger partial charge in [0.05, 0.1) is 18.2 Å². The zero-order valence-corrected chi connectivity index (χ0v) is 14.3. The summed E-state index contributed by atoms with van der Waals surface area (Å²) in [7, 11) is 0. The first-order chi connectivity index (χ1) is 12.2. The molecule has 1 aromatic carbocycles. The van der Waals surface area contributed by atoms with Crippen molar-refractivity contribution in [3.05, 3.63) is 59.7 Å². The molecule has 0 atom stereocenters. The number of carbonyl (C=O) groups excluding carboxylic acids is 2. The lowest BCUT2D eigenvalue weighted by Crippen LogP contribution is -2.50. The molecular weight excluding hydrogens is 316 g/mol. The van der Waals surface area contributed by atoms with Crippen molar-refractivity contribution in [3.63, 3.8) is 0 Å². The minimum atomic E-state index is -0.0472. The highest BCUT2D eigenvalue weighted by Crippen LogP contribution is 2.11. The maximum Gasteiger partial charge on any atom is 0.253 e. The first-order valence-corrected chi connectivity index (χ1v) is 8.51. The van der Waals surface area contributed by atoms with Crippen LogP contribution in [0.2, 0.25) is 0 Å². The van der Waals surface area contributed by atoms with Crippen LogP contribution in [0.4, 0.5) is 0 Å². The van der Waals surface area contributed by atoms with E-state index in [0.29, 0.717) is 31.7 Å². The van der Waals surface area contributed by atoms with Crippen molar-refractivity contribution < 1.29 is 9.59 Å². The number of benzene rings is 1. The molecule has 2 aromatic rings. The molecule has 1 saturated heterocycles. The van der Waals surface area contributed by atoms with Gasteiger partial charge in [-0.1, -0.05) is 19.1 Å². The number of nitrogens with zero attached hydrogens (tertiary/aromatic N) is 3. The van der Waals surface area contributed by atoms with E-state index in [1.807, 2.05) is 29.2 Å². The molecule has 6 heteroatoms. The molecule has 1 aromatic heterocycles. The normalized spacial score (nSPS) is 14.9. The van der Waals surface area contributed by atoms with Gasteiger partial charge in [0.25, 0.3) is 5.91 Å². The van der Waals surface area contributed by atoms with Crippen LogP contribution in [0.3, 0.4) is 0 Å². The van der Waals surface area contributed by atoms with E-state index < -0.39 is 0 Å². The van der Waals surface area contributed by atoms with Crippen LogP contribution in [0.25, 0.3) is 6.08 Å². The van der Waals surface area contributed by atoms with Crippen LogP contribution in [-0.2, 0) is 11.2 Å². The molecule has 0 saturated carbocycles. The smallest absolute Gasteiger partial charge is 0.253 e. The summed E-state index contributed by atoms with van der Waals surface area (Å²) < 4.78 is 0. The highest BCUT2D eigenvalue weighted by molar-refractivity contribution is 5.95. The highest BCUT2D eigenvalue weighted by Gasteiger charge is 2.23. The third-order valence-corrected chi connectivity index (χ3v) is 4.41. The standard InChI is InChI=1S/C19H22N4O2/c1-2-15-3-5-16(6-4-15)19(25)23-11-9-22(10-12-23)18(24)8-7-17-13-20-14-21-17/h3-8,13-14H,2,9-12H2,1H3,(H,20,21). The predicted octanol–water partition coefficient (Wildman–Crippen LogP) is 1.97. The number of nitrogens with one attached hydrogen (secondary N) is 1. The number of rotatable bonds is 4. The molecule has 1 fully saturated rings. The monoisotopic (exact) mass is 338 g/mol. The molecule has 0 spiro atoms. The summed E-state index contributed by atoms with van der Waals surface area (Å²) in [5.41, 5.74) is 2.71. The average molecular weight is 338 g/mol. The molecule has 3 rings (SSSR count). The van der Waals surface area contributed by atoms with Crippen molar-refractivity contribution in [2.24, 2.45) is 0 Å². The van der Waals surface area contributed by atoms with Gasteiger partial charge in [-0.25, -0.2) is 4.98 Å². The van der Waals surface area contributed by atoms with Gasteiger partial charge in [0.2, 0.25) is 5.91 Å². The molecule has 0 radical (unpaired) electrons. The van der Waals surface area contributed by atoms with Gasteiger partial charge in [0.1, 0.15) is 0 Å². The van der Waals surface area contributed by atoms with Crippen LogP contribution in [-0.4, -0.2) is 57.8 Å². The lowest BCUT2D eigenvalue weighted by atomic mass is 10.1. The summed E-state index contributed by atoms with van der Waals surface area (Å²) >= 11 is 0. The third kappa shape index (κ3) is 4.15. The van der Waals surface area contributed by atoms with E-state index in [4.69, 9.17) is 0 Å². The number of H-pyrrole nitrogens is 1. The maximum absolute atomic E-state index is 12.6. The number of aryl methyl sites for hydroxylation is 1. The number of aromatic nitrogens is 2. The topological polar surface area (TPSA) is 69.3 Å². The van der Waals surface area contributed by atoms with Crippen molar-refractivity contribution in [1.29, 1.82) is 0 Å². The number of amides is 2. The molecule has 1 aliphatic heterocycles. The van der Waals surface area contributed by atoms with Gasteiger partial charge in [0, 0.05) is 37.8 Å². The molecule has 1 N–H and O–H groups in total. The number of hydrogen-bond acceptors (Lipinski definition) is 3. The Morgan fingerprint density at radius 1 is 1.12 bits per heavy atom. The van der Waals surface area contributed by atoms with E-state index in [0.717, 1.165) is 12.1 Å². The maximum atomic E-state index is 12.6. The van der Waals surface area contributed by atoms with Crippen molar-refractivity contribution in [1.82, 2.24) is 19.8 Å². The number of aromatic amines is 1. The number of imidazole rings is 1. The Balaban J connectivity index is 1.54. The van der Waals surface area contributed by atoms with E-state index in [1.54, 1.807) is 23.5 Å². The predicted molar refractivity (Wildman–Crippen MR) is 95.9 cm³/mol. The van der Waals surface area contributed by atoms with Gasteiger partial charge in [-0.15, -0.1) is 0 Å². The molecule has 6 nitrogen and oxygen atoms in total. The fraction of sp³-hybridized carbons (Fsp3) is 0.316.